The van der Waals surface area contributed by atoms with Crippen LogP contribution in [0.2, 0.25) is 0 Å². The third-order valence-electron chi connectivity index (χ3n) is 3.85. The van der Waals surface area contributed by atoms with Gasteiger partial charge in [0, 0.05) is 18.5 Å². The van der Waals surface area contributed by atoms with Crippen molar-refractivity contribution in [3.63, 3.8) is 0 Å². The van der Waals surface area contributed by atoms with Crippen LogP contribution in [0.5, 0.6) is 0 Å². The summed E-state index contributed by atoms with van der Waals surface area (Å²) in [6, 6.07) is 0.873. The van der Waals surface area contributed by atoms with E-state index < -0.39 is 0 Å². The van der Waals surface area contributed by atoms with E-state index in [0.717, 1.165) is 25.1 Å². The lowest BCUT2D eigenvalue weighted by Gasteiger charge is -2.37. The van der Waals surface area contributed by atoms with Crippen LogP contribution in [0.25, 0.3) is 0 Å². The van der Waals surface area contributed by atoms with Crippen molar-refractivity contribution in [2.75, 3.05) is 32.2 Å². The van der Waals surface area contributed by atoms with Gasteiger partial charge in [0.2, 0.25) is 0 Å². The minimum atomic E-state index is 0.617. The summed E-state index contributed by atoms with van der Waals surface area (Å²) < 4.78 is 5.46. The molecule has 2 atom stereocenters. The van der Waals surface area contributed by atoms with Gasteiger partial charge in [-0.25, -0.2) is 0 Å². The molecule has 0 spiro atoms. The van der Waals surface area contributed by atoms with Gasteiger partial charge in [0.1, 0.15) is 0 Å². The Morgan fingerprint density at radius 2 is 2.00 bits per heavy atom. The Kier molecular flexibility index (Phi) is 4.73. The van der Waals surface area contributed by atoms with Crippen LogP contribution < -0.4 is 0 Å². The van der Waals surface area contributed by atoms with Crippen LogP contribution in [0.15, 0.2) is 0 Å². The van der Waals surface area contributed by atoms with E-state index in [1.165, 1.54) is 38.6 Å². The van der Waals surface area contributed by atoms with Gasteiger partial charge < -0.3 is 4.74 Å². The normalized spacial score (nSPS) is 31.8. The van der Waals surface area contributed by atoms with E-state index in [-0.39, 0.29) is 0 Å². The molecule has 1 aliphatic carbocycles. The fourth-order valence-corrected chi connectivity index (χ4v) is 3.28. The number of alkyl halides is 1. The molecule has 15 heavy (non-hydrogen) atoms. The van der Waals surface area contributed by atoms with Crippen molar-refractivity contribution in [2.45, 2.75) is 38.1 Å². The lowest BCUT2D eigenvalue weighted by atomic mass is 9.92. The monoisotopic (exact) mass is 231 g/mol. The first-order chi connectivity index (χ1) is 7.42. The van der Waals surface area contributed by atoms with E-state index in [4.69, 9.17) is 16.3 Å². The Labute approximate surface area is 97.9 Å². The van der Waals surface area contributed by atoms with Gasteiger partial charge in [0.25, 0.3) is 0 Å². The van der Waals surface area contributed by atoms with E-state index in [2.05, 4.69) is 4.90 Å². The molecule has 1 aliphatic heterocycles. The summed E-state index contributed by atoms with van der Waals surface area (Å²) in [6.45, 7) is 3.95. The molecule has 0 aromatic heterocycles. The van der Waals surface area contributed by atoms with Gasteiger partial charge in [-0.05, 0) is 38.1 Å². The molecule has 0 aromatic carbocycles. The van der Waals surface area contributed by atoms with E-state index in [9.17, 15) is 0 Å². The molecular formula is C12H22ClNO. The second kappa shape index (κ2) is 6.07. The molecule has 88 valence electrons. The van der Waals surface area contributed by atoms with Gasteiger partial charge >= 0.3 is 0 Å². The lowest BCUT2D eigenvalue weighted by molar-refractivity contribution is 0.0626. The highest BCUT2D eigenvalue weighted by molar-refractivity contribution is 6.17. The molecule has 0 radical (unpaired) electrons. The minimum Gasteiger partial charge on any atom is -0.379 e. The van der Waals surface area contributed by atoms with Crippen LogP contribution in [0.3, 0.4) is 0 Å². The Morgan fingerprint density at radius 1 is 1.13 bits per heavy atom. The number of likely N-dealkylation sites (tertiary alicyclic amines) is 1. The molecule has 1 saturated carbocycles. The summed E-state index contributed by atoms with van der Waals surface area (Å²) in [4.78, 5) is 2.65. The predicted octanol–water partition coefficient (Wildman–Crippen LogP) is 2.51. The fraction of sp³-hybridized carbons (Fsp3) is 1.00. The standard InChI is InChI=1S/C12H22ClNO/c13-6-9-15-10-8-14-7-2-4-11-3-1-5-12(11)14/h11-12H,1-10H2. The number of ether oxygens (including phenoxy) is 1. The molecule has 2 aliphatic rings. The third kappa shape index (κ3) is 3.08. The maximum atomic E-state index is 5.57. The summed E-state index contributed by atoms with van der Waals surface area (Å²) >= 11 is 5.57. The van der Waals surface area contributed by atoms with E-state index in [1.54, 1.807) is 0 Å². The van der Waals surface area contributed by atoms with Crippen molar-refractivity contribution in [1.29, 1.82) is 0 Å². The maximum Gasteiger partial charge on any atom is 0.0602 e. The molecule has 0 amide bonds. The van der Waals surface area contributed by atoms with Crippen molar-refractivity contribution in [1.82, 2.24) is 4.90 Å². The zero-order valence-electron chi connectivity index (χ0n) is 9.46. The molecular weight excluding hydrogens is 210 g/mol. The Bertz CT molecular complexity index is 188. The zero-order chi connectivity index (χ0) is 10.5. The number of fused-ring (bicyclic) bond motifs is 1. The molecule has 2 fully saturated rings. The lowest BCUT2D eigenvalue weighted by Crippen LogP contribution is -2.44. The average Bonchev–Trinajstić information content (AvgIpc) is 2.73. The Hall–Kier alpha value is 0.210. The highest BCUT2D eigenvalue weighted by Gasteiger charge is 2.34. The Morgan fingerprint density at radius 3 is 2.87 bits per heavy atom. The summed E-state index contributed by atoms with van der Waals surface area (Å²) in [5.74, 6) is 1.61. The predicted molar refractivity (Wildman–Crippen MR) is 63.5 cm³/mol. The summed E-state index contributed by atoms with van der Waals surface area (Å²) in [6.07, 6.45) is 7.17. The van der Waals surface area contributed by atoms with Crippen LogP contribution in [-0.2, 0) is 4.74 Å². The number of hydrogen-bond donors (Lipinski definition) is 0. The first kappa shape index (κ1) is 11.7. The highest BCUT2D eigenvalue weighted by Crippen LogP contribution is 2.36. The average molecular weight is 232 g/mol. The summed E-state index contributed by atoms with van der Waals surface area (Å²) in [5.41, 5.74) is 0. The van der Waals surface area contributed by atoms with Crippen LogP contribution in [-0.4, -0.2) is 43.1 Å². The SMILES string of the molecule is ClCCOCCN1CCCC2CCCC21. The minimum absolute atomic E-state index is 0.617. The molecule has 3 heteroatoms. The number of nitrogens with zero attached hydrogens (tertiary/aromatic N) is 1. The number of halogens is 1. The van der Waals surface area contributed by atoms with E-state index in [1.807, 2.05) is 0 Å². The van der Waals surface area contributed by atoms with Crippen molar-refractivity contribution >= 4 is 11.6 Å². The van der Waals surface area contributed by atoms with E-state index >= 15 is 0 Å². The van der Waals surface area contributed by atoms with Crippen molar-refractivity contribution in [2.24, 2.45) is 5.92 Å². The van der Waals surface area contributed by atoms with E-state index in [0.29, 0.717) is 12.5 Å². The second-order valence-electron chi connectivity index (χ2n) is 4.74. The molecule has 1 heterocycles. The molecule has 0 N–H and O–H groups in total. The number of rotatable bonds is 5. The molecule has 2 rings (SSSR count). The maximum absolute atomic E-state index is 5.57. The highest BCUT2D eigenvalue weighted by atomic mass is 35.5. The number of hydrogen-bond acceptors (Lipinski definition) is 2. The topological polar surface area (TPSA) is 12.5 Å². The molecule has 1 saturated heterocycles. The van der Waals surface area contributed by atoms with Gasteiger partial charge in [0.05, 0.1) is 13.2 Å². The van der Waals surface area contributed by atoms with Gasteiger partial charge in [0.15, 0.2) is 0 Å². The van der Waals surface area contributed by atoms with Crippen LogP contribution in [0, 0.1) is 5.92 Å². The zero-order valence-corrected chi connectivity index (χ0v) is 10.2. The quantitative estimate of drug-likeness (QED) is 0.533. The summed E-state index contributed by atoms with van der Waals surface area (Å²) in [7, 11) is 0. The first-order valence-electron chi connectivity index (χ1n) is 6.29. The number of piperidine rings is 1. The Balaban J connectivity index is 1.71. The van der Waals surface area contributed by atoms with Crippen molar-refractivity contribution in [3.05, 3.63) is 0 Å². The van der Waals surface area contributed by atoms with Crippen molar-refractivity contribution in [3.8, 4) is 0 Å². The molecule has 0 aromatic rings. The summed E-state index contributed by atoms with van der Waals surface area (Å²) in [5, 5.41) is 0. The van der Waals surface area contributed by atoms with Gasteiger partial charge in [-0.2, -0.15) is 0 Å². The molecule has 2 nitrogen and oxygen atoms in total. The smallest absolute Gasteiger partial charge is 0.0602 e. The van der Waals surface area contributed by atoms with Gasteiger partial charge in [-0.1, -0.05) is 6.42 Å². The second-order valence-corrected chi connectivity index (χ2v) is 5.12. The largest absolute Gasteiger partial charge is 0.379 e. The van der Waals surface area contributed by atoms with Crippen LogP contribution in [0.1, 0.15) is 32.1 Å². The van der Waals surface area contributed by atoms with Crippen LogP contribution >= 0.6 is 11.6 Å². The molecule has 0 bridgehead atoms. The third-order valence-corrected chi connectivity index (χ3v) is 4.01. The van der Waals surface area contributed by atoms with Crippen LogP contribution in [0.4, 0.5) is 0 Å². The fourth-order valence-electron chi connectivity index (χ4n) is 3.17. The van der Waals surface area contributed by atoms with Gasteiger partial charge in [-0.3, -0.25) is 4.90 Å². The first-order valence-corrected chi connectivity index (χ1v) is 6.83. The van der Waals surface area contributed by atoms with Crippen molar-refractivity contribution < 1.29 is 4.74 Å². The van der Waals surface area contributed by atoms with Gasteiger partial charge in [-0.15, -0.1) is 11.6 Å². The molecule has 2 unspecified atom stereocenters.